The van der Waals surface area contributed by atoms with Crippen molar-refractivity contribution in [2.75, 3.05) is 7.11 Å². The first-order valence-electron chi connectivity index (χ1n) is 11.9. The van der Waals surface area contributed by atoms with E-state index in [9.17, 15) is 9.59 Å². The Morgan fingerprint density at radius 1 is 0.943 bits per heavy atom. The summed E-state index contributed by atoms with van der Waals surface area (Å²) in [6, 6.07) is 24.0. The number of benzene rings is 3. The molecule has 3 rings (SSSR count). The molecule has 0 aromatic heterocycles. The molecule has 35 heavy (non-hydrogen) atoms. The fraction of sp³-hybridized carbons (Fsp3) is 0.310. The fourth-order valence-corrected chi connectivity index (χ4v) is 3.97. The molecule has 0 radical (unpaired) electrons. The monoisotopic (exact) mass is 492 g/mol. The van der Waals surface area contributed by atoms with Gasteiger partial charge in [-0.15, -0.1) is 0 Å². The van der Waals surface area contributed by atoms with E-state index < -0.39 is 6.04 Å². The van der Waals surface area contributed by atoms with Crippen LogP contribution in [0.3, 0.4) is 0 Å². The second-order valence-corrected chi connectivity index (χ2v) is 9.14. The summed E-state index contributed by atoms with van der Waals surface area (Å²) in [5, 5.41) is 3.71. The molecule has 0 fully saturated rings. The van der Waals surface area contributed by atoms with Crippen LogP contribution >= 0.6 is 11.6 Å². The average molecular weight is 493 g/mol. The molecular formula is C29H33ClN2O3. The van der Waals surface area contributed by atoms with Crippen LogP contribution in [0.2, 0.25) is 5.02 Å². The average Bonchev–Trinajstić information content (AvgIpc) is 2.88. The standard InChI is InChI=1S/C29H33ClN2O3/c1-4-21(2)31-29(34)27(18-22-9-6-5-7-10-22)32(20-24-11-8-12-26(17-24)35-3)28(33)19-23-13-15-25(30)16-14-23/h5-17,21,27H,4,18-20H2,1-3H3,(H,31,34)/t21-,27-/m1/s1. The Kier molecular flexibility index (Phi) is 9.74. The second kappa shape index (κ2) is 13.0. The molecule has 6 heteroatoms. The minimum atomic E-state index is -0.669. The van der Waals surface area contributed by atoms with Crippen LogP contribution in [-0.2, 0) is 29.0 Å². The van der Waals surface area contributed by atoms with Crippen LogP contribution in [0.15, 0.2) is 78.9 Å². The molecule has 2 atom stereocenters. The molecule has 0 aliphatic carbocycles. The van der Waals surface area contributed by atoms with Gasteiger partial charge in [0.2, 0.25) is 11.8 Å². The Balaban J connectivity index is 1.97. The van der Waals surface area contributed by atoms with Crippen LogP contribution in [0.4, 0.5) is 0 Å². The van der Waals surface area contributed by atoms with Gasteiger partial charge in [-0.3, -0.25) is 9.59 Å². The van der Waals surface area contributed by atoms with E-state index in [0.29, 0.717) is 17.2 Å². The van der Waals surface area contributed by atoms with Crippen molar-refractivity contribution in [1.82, 2.24) is 10.2 Å². The van der Waals surface area contributed by atoms with Crippen molar-refractivity contribution in [3.63, 3.8) is 0 Å². The summed E-state index contributed by atoms with van der Waals surface area (Å²) in [7, 11) is 1.61. The Morgan fingerprint density at radius 2 is 1.63 bits per heavy atom. The van der Waals surface area contributed by atoms with Gasteiger partial charge in [0.05, 0.1) is 13.5 Å². The smallest absolute Gasteiger partial charge is 0.243 e. The number of methoxy groups -OCH3 is 1. The normalized spacial score (nSPS) is 12.5. The highest BCUT2D eigenvalue weighted by molar-refractivity contribution is 6.30. The third kappa shape index (κ3) is 7.86. The number of ether oxygens (including phenoxy) is 1. The molecule has 0 aliphatic heterocycles. The highest BCUT2D eigenvalue weighted by Gasteiger charge is 2.31. The predicted molar refractivity (Wildman–Crippen MR) is 141 cm³/mol. The number of nitrogens with zero attached hydrogens (tertiary/aromatic N) is 1. The number of carbonyl (C=O) groups is 2. The number of nitrogens with one attached hydrogen (secondary N) is 1. The first kappa shape index (κ1) is 26.3. The Morgan fingerprint density at radius 3 is 2.29 bits per heavy atom. The van der Waals surface area contributed by atoms with Crippen LogP contribution in [0.5, 0.6) is 5.75 Å². The van der Waals surface area contributed by atoms with E-state index in [0.717, 1.165) is 23.1 Å². The van der Waals surface area contributed by atoms with Gasteiger partial charge >= 0.3 is 0 Å². The van der Waals surface area contributed by atoms with Gasteiger partial charge < -0.3 is 15.0 Å². The topological polar surface area (TPSA) is 58.6 Å². The van der Waals surface area contributed by atoms with Crippen LogP contribution < -0.4 is 10.1 Å². The third-order valence-corrected chi connectivity index (χ3v) is 6.28. The molecule has 0 bridgehead atoms. The zero-order valence-corrected chi connectivity index (χ0v) is 21.3. The lowest BCUT2D eigenvalue weighted by atomic mass is 10.0. The van der Waals surface area contributed by atoms with E-state index in [1.54, 1.807) is 24.1 Å². The minimum absolute atomic E-state index is 0.00538. The van der Waals surface area contributed by atoms with Gasteiger partial charge in [-0.2, -0.15) is 0 Å². The van der Waals surface area contributed by atoms with E-state index in [-0.39, 0.29) is 30.8 Å². The van der Waals surface area contributed by atoms with E-state index in [2.05, 4.69) is 5.32 Å². The quantitative estimate of drug-likeness (QED) is 0.387. The highest BCUT2D eigenvalue weighted by Crippen LogP contribution is 2.20. The maximum Gasteiger partial charge on any atom is 0.243 e. The zero-order chi connectivity index (χ0) is 25.2. The number of hydrogen-bond donors (Lipinski definition) is 1. The summed E-state index contributed by atoms with van der Waals surface area (Å²) in [4.78, 5) is 28.9. The van der Waals surface area contributed by atoms with Crippen molar-refractivity contribution in [2.24, 2.45) is 0 Å². The predicted octanol–water partition coefficient (Wildman–Crippen LogP) is 5.45. The molecule has 3 aromatic rings. The molecule has 0 saturated heterocycles. The molecule has 3 aromatic carbocycles. The van der Waals surface area contributed by atoms with Gasteiger partial charge in [0.25, 0.3) is 0 Å². The Labute approximate surface area is 213 Å². The van der Waals surface area contributed by atoms with Gasteiger partial charge in [0, 0.05) is 24.0 Å². The van der Waals surface area contributed by atoms with Crippen molar-refractivity contribution in [1.29, 1.82) is 0 Å². The third-order valence-electron chi connectivity index (χ3n) is 6.03. The van der Waals surface area contributed by atoms with Crippen molar-refractivity contribution in [3.05, 3.63) is 101 Å². The summed E-state index contributed by atoms with van der Waals surface area (Å²) in [5.74, 6) is 0.419. The molecule has 2 amide bonds. The van der Waals surface area contributed by atoms with E-state index in [1.807, 2.05) is 80.6 Å². The number of amides is 2. The Hall–Kier alpha value is -3.31. The second-order valence-electron chi connectivity index (χ2n) is 8.70. The van der Waals surface area contributed by atoms with Gasteiger partial charge in [-0.05, 0) is 54.3 Å². The molecule has 0 saturated carbocycles. The van der Waals surface area contributed by atoms with Crippen molar-refractivity contribution < 1.29 is 14.3 Å². The summed E-state index contributed by atoms with van der Waals surface area (Å²) in [5.41, 5.74) is 2.73. The van der Waals surface area contributed by atoms with E-state index in [1.165, 1.54) is 0 Å². The lowest BCUT2D eigenvalue weighted by Gasteiger charge is -2.32. The first-order valence-corrected chi connectivity index (χ1v) is 12.3. The maximum atomic E-state index is 13.7. The van der Waals surface area contributed by atoms with Crippen molar-refractivity contribution in [3.8, 4) is 5.75 Å². The molecule has 0 unspecified atom stereocenters. The largest absolute Gasteiger partial charge is 0.497 e. The summed E-state index contributed by atoms with van der Waals surface area (Å²) < 4.78 is 5.38. The van der Waals surface area contributed by atoms with E-state index >= 15 is 0 Å². The zero-order valence-electron chi connectivity index (χ0n) is 20.5. The van der Waals surface area contributed by atoms with Gasteiger partial charge in [0.15, 0.2) is 0 Å². The van der Waals surface area contributed by atoms with Crippen LogP contribution in [0, 0.1) is 0 Å². The first-order chi connectivity index (χ1) is 16.9. The SMILES string of the molecule is CC[C@@H](C)NC(=O)[C@@H](Cc1ccccc1)N(Cc1cccc(OC)c1)C(=O)Cc1ccc(Cl)cc1. The van der Waals surface area contributed by atoms with E-state index in [4.69, 9.17) is 16.3 Å². The molecule has 1 N–H and O–H groups in total. The fourth-order valence-electron chi connectivity index (χ4n) is 3.84. The van der Waals surface area contributed by atoms with Gasteiger partial charge in [-0.25, -0.2) is 0 Å². The lowest BCUT2D eigenvalue weighted by Crippen LogP contribution is -2.52. The van der Waals surface area contributed by atoms with Gasteiger partial charge in [0.1, 0.15) is 11.8 Å². The molecule has 0 spiro atoms. The number of halogens is 1. The summed E-state index contributed by atoms with van der Waals surface area (Å²) in [6.45, 7) is 4.28. The molecular weight excluding hydrogens is 460 g/mol. The molecule has 0 heterocycles. The van der Waals surface area contributed by atoms with Crippen molar-refractivity contribution >= 4 is 23.4 Å². The molecule has 5 nitrogen and oxygen atoms in total. The van der Waals surface area contributed by atoms with Crippen molar-refractivity contribution in [2.45, 2.75) is 51.7 Å². The van der Waals surface area contributed by atoms with Gasteiger partial charge in [-0.1, -0.05) is 73.1 Å². The van der Waals surface area contributed by atoms with Crippen LogP contribution in [0.1, 0.15) is 37.0 Å². The Bertz CT molecular complexity index is 1100. The molecule has 184 valence electrons. The van der Waals surface area contributed by atoms with Crippen LogP contribution in [-0.4, -0.2) is 35.9 Å². The minimum Gasteiger partial charge on any atom is -0.497 e. The molecule has 0 aliphatic rings. The summed E-state index contributed by atoms with van der Waals surface area (Å²) >= 11 is 6.03. The lowest BCUT2D eigenvalue weighted by molar-refractivity contribution is -0.141. The number of carbonyl (C=O) groups excluding carboxylic acids is 2. The number of rotatable bonds is 11. The maximum absolute atomic E-state index is 13.7. The summed E-state index contributed by atoms with van der Waals surface area (Å²) in [6.07, 6.45) is 1.39. The number of hydrogen-bond acceptors (Lipinski definition) is 3. The highest BCUT2D eigenvalue weighted by atomic mass is 35.5. The van der Waals surface area contributed by atoms with Crippen LogP contribution in [0.25, 0.3) is 0 Å².